The lowest BCUT2D eigenvalue weighted by Crippen LogP contribution is -1.98. The minimum absolute atomic E-state index is 0.145. The van der Waals surface area contributed by atoms with Crippen molar-refractivity contribution in [1.29, 1.82) is 0 Å². The van der Waals surface area contributed by atoms with Crippen LogP contribution in [0.3, 0.4) is 0 Å². The smallest absolute Gasteiger partial charge is 0.161 e. The van der Waals surface area contributed by atoms with Gasteiger partial charge in [0.2, 0.25) is 0 Å². The standard InChI is InChI=1S/C27H28O3/c1-29-27-20-23(17-19-26(27)30-21-24-13-6-3-7-14-24)16-18-25(28)15-9-8-12-22-10-4-2-5-11-22/h2-7,10-11,13-14,16-20H,8-9,12,15,21H2,1H3/b18-16+. The molecule has 0 radical (unpaired) electrons. The molecule has 0 aliphatic heterocycles. The Kier molecular flexibility index (Phi) is 8.28. The van der Waals surface area contributed by atoms with E-state index in [-0.39, 0.29) is 5.78 Å². The lowest BCUT2D eigenvalue weighted by Gasteiger charge is -2.11. The Morgan fingerprint density at radius 2 is 1.53 bits per heavy atom. The summed E-state index contributed by atoms with van der Waals surface area (Å²) in [4.78, 5) is 12.2. The Hall–Kier alpha value is -3.33. The molecule has 0 atom stereocenters. The van der Waals surface area contributed by atoms with E-state index >= 15 is 0 Å². The average Bonchev–Trinajstić information content (AvgIpc) is 2.80. The number of rotatable bonds is 11. The van der Waals surface area contributed by atoms with E-state index in [1.807, 2.05) is 60.7 Å². The Morgan fingerprint density at radius 3 is 2.23 bits per heavy atom. The van der Waals surface area contributed by atoms with Crippen LogP contribution in [0, 0.1) is 0 Å². The number of methoxy groups -OCH3 is 1. The molecule has 30 heavy (non-hydrogen) atoms. The lowest BCUT2D eigenvalue weighted by atomic mass is 10.1. The number of ether oxygens (including phenoxy) is 2. The molecule has 0 unspecified atom stereocenters. The fraction of sp³-hybridized carbons (Fsp3) is 0.222. The first-order valence-electron chi connectivity index (χ1n) is 10.3. The van der Waals surface area contributed by atoms with Crippen molar-refractivity contribution >= 4 is 11.9 Å². The van der Waals surface area contributed by atoms with E-state index in [0.717, 1.165) is 30.4 Å². The van der Waals surface area contributed by atoms with Crippen LogP contribution in [0.15, 0.2) is 84.9 Å². The zero-order valence-corrected chi connectivity index (χ0v) is 17.4. The number of aryl methyl sites for hydroxylation is 1. The van der Waals surface area contributed by atoms with Crippen molar-refractivity contribution < 1.29 is 14.3 Å². The molecule has 154 valence electrons. The fourth-order valence-electron chi connectivity index (χ4n) is 3.19. The maximum absolute atomic E-state index is 12.2. The SMILES string of the molecule is COc1cc(/C=C/C(=O)CCCCc2ccccc2)ccc1OCc1ccccc1. The summed E-state index contributed by atoms with van der Waals surface area (Å²) in [7, 11) is 1.62. The van der Waals surface area contributed by atoms with E-state index in [0.29, 0.717) is 24.5 Å². The molecule has 0 aliphatic carbocycles. The number of unbranched alkanes of at least 4 members (excludes halogenated alkanes) is 1. The van der Waals surface area contributed by atoms with Crippen LogP contribution in [0.2, 0.25) is 0 Å². The number of ketones is 1. The average molecular weight is 401 g/mol. The number of benzene rings is 3. The van der Waals surface area contributed by atoms with Crippen molar-refractivity contribution in [3.63, 3.8) is 0 Å². The van der Waals surface area contributed by atoms with Gasteiger partial charge in [-0.1, -0.05) is 72.8 Å². The largest absolute Gasteiger partial charge is 0.493 e. The number of hydrogen-bond acceptors (Lipinski definition) is 3. The molecule has 3 nitrogen and oxygen atoms in total. The molecule has 0 N–H and O–H groups in total. The molecule has 0 spiro atoms. The quantitative estimate of drug-likeness (QED) is 0.281. The van der Waals surface area contributed by atoms with E-state index < -0.39 is 0 Å². The minimum Gasteiger partial charge on any atom is -0.493 e. The van der Waals surface area contributed by atoms with Gasteiger partial charge in [-0.25, -0.2) is 0 Å². The van der Waals surface area contributed by atoms with Crippen molar-refractivity contribution in [2.45, 2.75) is 32.3 Å². The number of carbonyl (C=O) groups is 1. The molecule has 0 amide bonds. The molecule has 0 saturated heterocycles. The maximum atomic E-state index is 12.2. The molecule has 0 aromatic heterocycles. The van der Waals surface area contributed by atoms with E-state index in [1.54, 1.807) is 13.2 Å². The van der Waals surface area contributed by atoms with Gasteiger partial charge < -0.3 is 9.47 Å². The third-order valence-corrected chi connectivity index (χ3v) is 4.87. The molecule has 0 bridgehead atoms. The molecular weight excluding hydrogens is 372 g/mol. The number of carbonyl (C=O) groups excluding carboxylic acids is 1. The van der Waals surface area contributed by atoms with Gasteiger partial charge in [-0.05, 0) is 54.2 Å². The van der Waals surface area contributed by atoms with E-state index in [9.17, 15) is 4.79 Å². The Morgan fingerprint density at radius 1 is 0.833 bits per heavy atom. The molecule has 3 heteroatoms. The van der Waals surface area contributed by atoms with Gasteiger partial charge in [0.25, 0.3) is 0 Å². The molecule has 3 aromatic carbocycles. The van der Waals surface area contributed by atoms with Crippen molar-refractivity contribution in [2.24, 2.45) is 0 Å². The van der Waals surface area contributed by atoms with Crippen LogP contribution < -0.4 is 9.47 Å². The van der Waals surface area contributed by atoms with Gasteiger partial charge in [-0.3, -0.25) is 4.79 Å². The van der Waals surface area contributed by atoms with Crippen molar-refractivity contribution in [2.75, 3.05) is 7.11 Å². The predicted molar refractivity (Wildman–Crippen MR) is 122 cm³/mol. The fourth-order valence-corrected chi connectivity index (χ4v) is 3.19. The summed E-state index contributed by atoms with van der Waals surface area (Å²) in [6.45, 7) is 0.480. The number of allylic oxidation sites excluding steroid dienone is 1. The Labute approximate surface area is 179 Å². The number of hydrogen-bond donors (Lipinski definition) is 0. The second-order valence-electron chi connectivity index (χ2n) is 7.18. The highest BCUT2D eigenvalue weighted by atomic mass is 16.5. The lowest BCUT2D eigenvalue weighted by molar-refractivity contribution is -0.114. The Balaban J connectivity index is 1.47. The van der Waals surface area contributed by atoms with Crippen LogP contribution in [0.4, 0.5) is 0 Å². The van der Waals surface area contributed by atoms with Crippen LogP contribution in [0.1, 0.15) is 36.0 Å². The minimum atomic E-state index is 0.145. The van der Waals surface area contributed by atoms with Gasteiger partial charge >= 0.3 is 0 Å². The summed E-state index contributed by atoms with van der Waals surface area (Å²) < 4.78 is 11.3. The monoisotopic (exact) mass is 400 g/mol. The predicted octanol–water partition coefficient (Wildman–Crippen LogP) is 6.27. The first-order chi connectivity index (χ1) is 14.7. The normalized spacial score (nSPS) is 10.8. The summed E-state index contributed by atoms with van der Waals surface area (Å²) in [6, 6.07) is 26.1. The Bertz CT molecular complexity index is 946. The molecule has 0 saturated carbocycles. The van der Waals surface area contributed by atoms with E-state index in [1.165, 1.54) is 5.56 Å². The molecule has 3 aromatic rings. The van der Waals surface area contributed by atoms with Gasteiger partial charge in [-0.2, -0.15) is 0 Å². The highest BCUT2D eigenvalue weighted by molar-refractivity contribution is 5.93. The van der Waals surface area contributed by atoms with Crippen LogP contribution in [-0.2, 0) is 17.8 Å². The highest BCUT2D eigenvalue weighted by Gasteiger charge is 2.06. The second kappa shape index (κ2) is 11.6. The first kappa shape index (κ1) is 21.4. The zero-order chi connectivity index (χ0) is 21.0. The van der Waals surface area contributed by atoms with Gasteiger partial charge in [0.15, 0.2) is 17.3 Å². The van der Waals surface area contributed by atoms with Crippen LogP contribution in [0.25, 0.3) is 6.08 Å². The third kappa shape index (κ3) is 6.93. The first-order valence-corrected chi connectivity index (χ1v) is 10.3. The van der Waals surface area contributed by atoms with Crippen LogP contribution >= 0.6 is 0 Å². The third-order valence-electron chi connectivity index (χ3n) is 4.87. The molecule has 0 fully saturated rings. The second-order valence-corrected chi connectivity index (χ2v) is 7.18. The molecule has 0 heterocycles. The van der Waals surface area contributed by atoms with Crippen molar-refractivity contribution in [1.82, 2.24) is 0 Å². The topological polar surface area (TPSA) is 35.5 Å². The molecule has 0 aliphatic rings. The van der Waals surface area contributed by atoms with Crippen LogP contribution in [-0.4, -0.2) is 12.9 Å². The van der Waals surface area contributed by atoms with Gasteiger partial charge in [0.05, 0.1) is 7.11 Å². The van der Waals surface area contributed by atoms with Crippen molar-refractivity contribution in [3.05, 3.63) is 102 Å². The molecule has 3 rings (SSSR count). The van der Waals surface area contributed by atoms with Crippen molar-refractivity contribution in [3.8, 4) is 11.5 Å². The summed E-state index contributed by atoms with van der Waals surface area (Å²) in [5.74, 6) is 1.49. The molecular formula is C27H28O3. The summed E-state index contributed by atoms with van der Waals surface area (Å²) in [5, 5.41) is 0. The summed E-state index contributed by atoms with van der Waals surface area (Å²) in [5.41, 5.74) is 3.33. The van der Waals surface area contributed by atoms with E-state index in [2.05, 4.69) is 24.3 Å². The van der Waals surface area contributed by atoms with Gasteiger partial charge in [0.1, 0.15) is 6.61 Å². The van der Waals surface area contributed by atoms with Gasteiger partial charge in [0, 0.05) is 6.42 Å². The summed E-state index contributed by atoms with van der Waals surface area (Å²) in [6.07, 6.45) is 6.99. The summed E-state index contributed by atoms with van der Waals surface area (Å²) >= 11 is 0. The highest BCUT2D eigenvalue weighted by Crippen LogP contribution is 2.29. The van der Waals surface area contributed by atoms with Gasteiger partial charge in [-0.15, -0.1) is 0 Å². The zero-order valence-electron chi connectivity index (χ0n) is 17.4. The van der Waals surface area contributed by atoms with E-state index in [4.69, 9.17) is 9.47 Å². The van der Waals surface area contributed by atoms with Crippen LogP contribution in [0.5, 0.6) is 11.5 Å². The maximum Gasteiger partial charge on any atom is 0.161 e.